The van der Waals surface area contributed by atoms with Gasteiger partial charge in [0.2, 0.25) is 6.10 Å². The fraction of sp³-hybridized carbons (Fsp3) is 0.238. The minimum absolute atomic E-state index is 0.104. The van der Waals surface area contributed by atoms with E-state index < -0.39 is 35.6 Å². The molecule has 0 bridgehead atoms. The second-order valence-electron chi connectivity index (χ2n) is 6.94. The number of aromatic nitrogens is 2. The Morgan fingerprint density at radius 1 is 1.03 bits per heavy atom. The molecule has 1 saturated carbocycles. The number of rotatable bonds is 6. The molecule has 2 N–H and O–H groups in total. The van der Waals surface area contributed by atoms with E-state index >= 15 is 0 Å². The van der Waals surface area contributed by atoms with Crippen LogP contribution in [-0.2, 0) is 20.9 Å². The fourth-order valence-electron chi connectivity index (χ4n) is 3.06. The van der Waals surface area contributed by atoms with Crippen LogP contribution >= 0.6 is 0 Å². The summed E-state index contributed by atoms with van der Waals surface area (Å²) in [6.07, 6.45) is 0.663. The summed E-state index contributed by atoms with van der Waals surface area (Å²) in [5.74, 6) is -1.22. The highest BCUT2D eigenvalue weighted by molar-refractivity contribution is 5.85. The van der Waals surface area contributed by atoms with Gasteiger partial charge in [-0.25, -0.2) is 4.68 Å². The molecule has 148 valence electrons. The van der Waals surface area contributed by atoms with Crippen molar-refractivity contribution in [3.63, 3.8) is 0 Å². The summed E-state index contributed by atoms with van der Waals surface area (Å²) in [5, 5.41) is 5.65. The van der Waals surface area contributed by atoms with Crippen LogP contribution in [0.25, 0.3) is 10.8 Å². The predicted octanol–water partition coefficient (Wildman–Crippen LogP) is 1.25. The molecule has 1 amide bonds. The summed E-state index contributed by atoms with van der Waals surface area (Å²) < 4.78 is 6.30. The molecule has 1 fully saturated rings. The van der Waals surface area contributed by atoms with Crippen LogP contribution in [0.5, 0.6) is 0 Å². The third-order valence-electron chi connectivity index (χ3n) is 4.68. The third-order valence-corrected chi connectivity index (χ3v) is 4.68. The molecule has 4 rings (SSSR count). The Balaban J connectivity index is 1.57. The van der Waals surface area contributed by atoms with Gasteiger partial charge < -0.3 is 10.1 Å². The molecule has 0 saturated heterocycles. The van der Waals surface area contributed by atoms with Crippen LogP contribution in [0.4, 0.5) is 0 Å². The van der Waals surface area contributed by atoms with Gasteiger partial charge in [-0.15, -0.1) is 0 Å². The largest absolute Gasteiger partial charge is 0.446 e. The van der Waals surface area contributed by atoms with Gasteiger partial charge in [0.25, 0.3) is 17.0 Å². The predicted molar refractivity (Wildman–Crippen MR) is 105 cm³/mol. The first-order valence-electron chi connectivity index (χ1n) is 9.29. The molecule has 3 aromatic rings. The maximum absolute atomic E-state index is 12.6. The van der Waals surface area contributed by atoms with Crippen LogP contribution in [0.2, 0.25) is 0 Å². The van der Waals surface area contributed by atoms with Crippen molar-refractivity contribution in [3.8, 4) is 0 Å². The number of fused-ring (bicyclic) bond motifs is 1. The molecule has 1 heterocycles. The second kappa shape index (κ2) is 7.75. The summed E-state index contributed by atoms with van der Waals surface area (Å²) in [6, 6.07) is 15.1. The molecule has 0 radical (unpaired) electrons. The number of nitrogens with zero attached hydrogens (tertiary/aromatic N) is 1. The number of esters is 1. The quantitative estimate of drug-likeness (QED) is 0.613. The Morgan fingerprint density at radius 3 is 2.38 bits per heavy atom. The second-order valence-corrected chi connectivity index (χ2v) is 6.94. The molecule has 8 heteroatoms. The van der Waals surface area contributed by atoms with Gasteiger partial charge in [0.1, 0.15) is 6.54 Å². The monoisotopic (exact) mass is 393 g/mol. The third kappa shape index (κ3) is 4.11. The van der Waals surface area contributed by atoms with Gasteiger partial charge in [0.05, 0.1) is 10.8 Å². The molecule has 8 nitrogen and oxygen atoms in total. The molecule has 0 spiro atoms. The molecule has 1 aliphatic carbocycles. The lowest BCUT2D eigenvalue weighted by Gasteiger charge is -2.18. The van der Waals surface area contributed by atoms with E-state index in [1.807, 2.05) is 0 Å². The van der Waals surface area contributed by atoms with E-state index in [1.165, 1.54) is 12.1 Å². The Hall–Kier alpha value is -3.68. The summed E-state index contributed by atoms with van der Waals surface area (Å²) in [4.78, 5) is 49.8. The molecular weight excluding hydrogens is 374 g/mol. The first-order valence-corrected chi connectivity index (χ1v) is 9.29. The van der Waals surface area contributed by atoms with Crippen LogP contribution in [-0.4, -0.2) is 27.7 Å². The van der Waals surface area contributed by atoms with Crippen molar-refractivity contribution in [1.82, 2.24) is 15.1 Å². The van der Waals surface area contributed by atoms with Crippen LogP contribution in [0.1, 0.15) is 24.5 Å². The maximum Gasteiger partial charge on any atom is 0.328 e. The van der Waals surface area contributed by atoms with Gasteiger partial charge in [0.15, 0.2) is 0 Å². The number of aromatic amines is 1. The maximum atomic E-state index is 12.6. The normalized spacial score (nSPS) is 14.3. The van der Waals surface area contributed by atoms with Gasteiger partial charge in [-0.05, 0) is 25.0 Å². The van der Waals surface area contributed by atoms with E-state index in [2.05, 4.69) is 10.4 Å². The minimum Gasteiger partial charge on any atom is -0.446 e. The molecule has 29 heavy (non-hydrogen) atoms. The molecular formula is C21H19N3O5. The zero-order chi connectivity index (χ0) is 20.4. The van der Waals surface area contributed by atoms with Crippen molar-refractivity contribution in [2.75, 3.05) is 0 Å². The number of amides is 1. The average Bonchev–Trinajstić information content (AvgIpc) is 3.54. The molecule has 1 aliphatic rings. The number of nitrogens with one attached hydrogen (secondary N) is 2. The van der Waals surface area contributed by atoms with Gasteiger partial charge in [0, 0.05) is 11.6 Å². The summed E-state index contributed by atoms with van der Waals surface area (Å²) in [7, 11) is 0. The highest BCUT2D eigenvalue weighted by Crippen LogP contribution is 2.23. The summed E-state index contributed by atoms with van der Waals surface area (Å²) in [5.41, 5.74) is -0.478. The van der Waals surface area contributed by atoms with Crippen molar-refractivity contribution >= 4 is 22.6 Å². The number of hydrogen-bond acceptors (Lipinski definition) is 5. The zero-order valence-corrected chi connectivity index (χ0v) is 15.5. The van der Waals surface area contributed by atoms with Crippen LogP contribution in [0.15, 0.2) is 64.2 Å². The van der Waals surface area contributed by atoms with E-state index in [1.54, 1.807) is 42.5 Å². The van der Waals surface area contributed by atoms with Crippen molar-refractivity contribution in [2.24, 2.45) is 0 Å². The molecule has 1 unspecified atom stereocenters. The lowest BCUT2D eigenvalue weighted by atomic mass is 10.1. The Labute approximate surface area is 165 Å². The molecule has 1 aromatic heterocycles. The van der Waals surface area contributed by atoms with Crippen LogP contribution < -0.4 is 16.4 Å². The van der Waals surface area contributed by atoms with Gasteiger partial charge in [-0.3, -0.25) is 24.3 Å². The molecule has 2 aromatic carbocycles. The van der Waals surface area contributed by atoms with E-state index in [0.29, 0.717) is 5.56 Å². The number of benzene rings is 2. The number of hydrogen-bond donors (Lipinski definition) is 2. The average molecular weight is 393 g/mol. The number of carbonyl (C=O) groups excluding carboxylic acids is 2. The Bertz CT molecular complexity index is 1180. The first-order chi connectivity index (χ1) is 14.0. The van der Waals surface area contributed by atoms with Crippen molar-refractivity contribution in [1.29, 1.82) is 0 Å². The highest BCUT2D eigenvalue weighted by atomic mass is 16.5. The Kier molecular flexibility index (Phi) is 4.99. The van der Waals surface area contributed by atoms with Gasteiger partial charge in [-0.2, -0.15) is 0 Å². The summed E-state index contributed by atoms with van der Waals surface area (Å²) in [6.45, 7) is -0.515. The smallest absolute Gasteiger partial charge is 0.328 e. The van der Waals surface area contributed by atoms with E-state index in [4.69, 9.17) is 4.74 Å². The number of H-pyrrole nitrogens is 1. The highest BCUT2D eigenvalue weighted by Gasteiger charge is 2.31. The standard InChI is InChI=1S/C21H19N3O5/c25-17(12-24-21(28)16-9-5-4-8-15(16)19(26)23-24)29-18(13-6-2-1-3-7-13)20(27)22-14-10-11-14/h1-9,14,18H,10-12H2,(H,22,27)(H,23,26). The van der Waals surface area contributed by atoms with Crippen molar-refractivity contribution < 1.29 is 14.3 Å². The zero-order valence-electron chi connectivity index (χ0n) is 15.5. The fourth-order valence-corrected chi connectivity index (χ4v) is 3.06. The number of carbonyl (C=O) groups is 2. The molecule has 1 atom stereocenters. The van der Waals surface area contributed by atoms with Crippen molar-refractivity contribution in [2.45, 2.75) is 31.5 Å². The van der Waals surface area contributed by atoms with Crippen LogP contribution in [0.3, 0.4) is 0 Å². The van der Waals surface area contributed by atoms with E-state index in [-0.39, 0.29) is 16.8 Å². The summed E-state index contributed by atoms with van der Waals surface area (Å²) >= 11 is 0. The van der Waals surface area contributed by atoms with Gasteiger partial charge in [-0.1, -0.05) is 42.5 Å². The van der Waals surface area contributed by atoms with E-state index in [0.717, 1.165) is 17.5 Å². The van der Waals surface area contributed by atoms with Crippen molar-refractivity contribution in [3.05, 3.63) is 80.9 Å². The van der Waals surface area contributed by atoms with E-state index in [9.17, 15) is 19.2 Å². The topological polar surface area (TPSA) is 110 Å². The number of ether oxygens (including phenoxy) is 1. The lowest BCUT2D eigenvalue weighted by molar-refractivity contribution is -0.157. The van der Waals surface area contributed by atoms with Gasteiger partial charge >= 0.3 is 5.97 Å². The Morgan fingerprint density at radius 2 is 1.69 bits per heavy atom. The first kappa shape index (κ1) is 18.7. The minimum atomic E-state index is -1.13. The SMILES string of the molecule is O=C(Cn1[nH]c(=O)c2ccccc2c1=O)OC(C(=O)NC1CC1)c1ccccc1. The molecule has 0 aliphatic heterocycles. The lowest BCUT2D eigenvalue weighted by Crippen LogP contribution is -2.36. The van der Waals surface area contributed by atoms with Crippen LogP contribution in [0, 0.1) is 0 Å².